The second-order valence-corrected chi connectivity index (χ2v) is 9.44. The van der Waals surface area contributed by atoms with Crippen molar-refractivity contribution in [2.24, 2.45) is 5.92 Å². The number of anilines is 1. The van der Waals surface area contributed by atoms with Gasteiger partial charge in [-0.15, -0.1) is 11.6 Å². The first kappa shape index (κ1) is 24.0. The van der Waals surface area contributed by atoms with Gasteiger partial charge in [0.2, 0.25) is 11.8 Å². The summed E-state index contributed by atoms with van der Waals surface area (Å²) in [5, 5.41) is 3.60. The van der Waals surface area contributed by atoms with Crippen LogP contribution in [0, 0.1) is 11.7 Å². The fourth-order valence-corrected chi connectivity index (χ4v) is 4.60. The van der Waals surface area contributed by atoms with E-state index in [9.17, 15) is 14.0 Å². The molecule has 1 saturated carbocycles. The average Bonchev–Trinajstić information content (AvgIpc) is 2.74. The van der Waals surface area contributed by atoms with Gasteiger partial charge in [0.1, 0.15) is 17.7 Å². The zero-order chi connectivity index (χ0) is 22.5. The Balaban J connectivity index is 2.06. The van der Waals surface area contributed by atoms with Gasteiger partial charge < -0.3 is 5.32 Å². The minimum Gasteiger partial charge on any atom is -0.351 e. The SMILES string of the molecule is C[C@@H]1CCCC[C@@H]1NC(=O)[C@H](c1ccc(Cl)cc1)N(C(=O)CCl)c1ccc(Br)cc1F. The molecule has 1 aliphatic rings. The lowest BCUT2D eigenvalue weighted by Crippen LogP contribution is -2.49. The van der Waals surface area contributed by atoms with Crippen LogP contribution < -0.4 is 10.2 Å². The van der Waals surface area contributed by atoms with Gasteiger partial charge in [-0.25, -0.2) is 4.39 Å². The highest BCUT2D eigenvalue weighted by atomic mass is 79.9. The average molecular weight is 530 g/mol. The predicted molar refractivity (Wildman–Crippen MR) is 126 cm³/mol. The topological polar surface area (TPSA) is 49.4 Å². The van der Waals surface area contributed by atoms with E-state index in [0.717, 1.165) is 30.6 Å². The highest BCUT2D eigenvalue weighted by Crippen LogP contribution is 2.33. The summed E-state index contributed by atoms with van der Waals surface area (Å²) in [4.78, 5) is 27.6. The van der Waals surface area contributed by atoms with E-state index in [2.05, 4.69) is 28.2 Å². The van der Waals surface area contributed by atoms with Crippen LogP contribution in [0.2, 0.25) is 5.02 Å². The van der Waals surface area contributed by atoms with E-state index in [1.165, 1.54) is 12.1 Å². The van der Waals surface area contributed by atoms with Crippen molar-refractivity contribution in [1.82, 2.24) is 5.32 Å². The highest BCUT2D eigenvalue weighted by Gasteiger charge is 2.36. The molecule has 0 heterocycles. The Labute approximate surface area is 200 Å². The van der Waals surface area contributed by atoms with Crippen molar-refractivity contribution in [2.45, 2.75) is 44.7 Å². The third kappa shape index (κ3) is 5.79. The van der Waals surface area contributed by atoms with Crippen LogP contribution in [-0.2, 0) is 9.59 Å². The van der Waals surface area contributed by atoms with Crippen LogP contribution >= 0.6 is 39.1 Å². The number of carbonyl (C=O) groups excluding carboxylic acids is 2. The number of amides is 2. The summed E-state index contributed by atoms with van der Waals surface area (Å²) < 4.78 is 15.4. The van der Waals surface area contributed by atoms with Gasteiger partial charge in [-0.3, -0.25) is 14.5 Å². The Hall–Kier alpha value is -1.63. The summed E-state index contributed by atoms with van der Waals surface area (Å²) in [7, 11) is 0. The normalized spacial score (nSPS) is 19.5. The van der Waals surface area contributed by atoms with E-state index in [-0.39, 0.29) is 17.6 Å². The molecule has 0 aliphatic heterocycles. The molecule has 0 bridgehead atoms. The maximum atomic E-state index is 14.9. The summed E-state index contributed by atoms with van der Waals surface area (Å²) in [6, 6.07) is 9.86. The maximum Gasteiger partial charge on any atom is 0.248 e. The lowest BCUT2D eigenvalue weighted by molar-refractivity contribution is -0.126. The molecule has 0 radical (unpaired) electrons. The third-order valence-corrected chi connectivity index (χ3v) is 6.66. The standard InChI is InChI=1S/C23H24BrCl2FN2O2/c1-14-4-2-3-5-19(14)28-23(31)22(15-6-9-17(26)10-7-15)29(21(30)13-25)20-11-8-16(24)12-18(20)27/h6-12,14,19,22H,2-5,13H2,1H3,(H,28,31)/t14-,19+,22+/m1/s1. The smallest absolute Gasteiger partial charge is 0.248 e. The monoisotopic (exact) mass is 528 g/mol. The molecule has 1 fully saturated rings. The molecule has 0 spiro atoms. The van der Waals surface area contributed by atoms with Gasteiger partial charge in [-0.1, -0.05) is 59.4 Å². The first-order chi connectivity index (χ1) is 14.8. The van der Waals surface area contributed by atoms with Crippen LogP contribution in [0.5, 0.6) is 0 Å². The van der Waals surface area contributed by atoms with Gasteiger partial charge in [0.25, 0.3) is 0 Å². The molecule has 1 aliphatic carbocycles. The number of rotatable bonds is 6. The maximum absolute atomic E-state index is 14.9. The Bertz CT molecular complexity index is 942. The van der Waals surface area contributed by atoms with Gasteiger partial charge in [-0.05, 0) is 54.7 Å². The molecule has 166 valence electrons. The molecule has 4 nitrogen and oxygen atoms in total. The van der Waals surface area contributed by atoms with Crippen molar-refractivity contribution in [1.29, 1.82) is 0 Å². The van der Waals surface area contributed by atoms with E-state index in [1.54, 1.807) is 30.3 Å². The van der Waals surface area contributed by atoms with Crippen LogP contribution in [0.15, 0.2) is 46.9 Å². The number of hydrogen-bond acceptors (Lipinski definition) is 2. The van der Waals surface area contributed by atoms with Gasteiger partial charge in [-0.2, -0.15) is 0 Å². The number of hydrogen-bond donors (Lipinski definition) is 1. The number of nitrogens with zero attached hydrogens (tertiary/aromatic N) is 1. The fourth-order valence-electron chi connectivity index (χ4n) is 4.01. The molecular weight excluding hydrogens is 506 g/mol. The number of halogens is 4. The number of nitrogens with one attached hydrogen (secondary N) is 1. The van der Waals surface area contributed by atoms with Gasteiger partial charge in [0.05, 0.1) is 5.69 Å². The first-order valence-corrected chi connectivity index (χ1v) is 11.9. The van der Waals surface area contributed by atoms with Gasteiger partial charge in [0, 0.05) is 15.5 Å². The summed E-state index contributed by atoms with van der Waals surface area (Å²) in [5.74, 6) is -1.65. The summed E-state index contributed by atoms with van der Waals surface area (Å²) in [6.07, 6.45) is 4.07. The quantitative estimate of drug-likeness (QED) is 0.449. The second-order valence-electron chi connectivity index (χ2n) is 7.82. The molecule has 1 N–H and O–H groups in total. The molecule has 3 atom stereocenters. The molecular formula is C23H24BrCl2FN2O2. The molecule has 0 unspecified atom stereocenters. The molecule has 31 heavy (non-hydrogen) atoms. The van der Waals surface area contributed by atoms with Crippen molar-refractivity contribution >= 4 is 56.6 Å². The van der Waals surface area contributed by atoms with Crippen molar-refractivity contribution in [3.05, 3.63) is 63.3 Å². The summed E-state index contributed by atoms with van der Waals surface area (Å²) >= 11 is 15.1. The minimum absolute atomic E-state index is 0.00114. The van der Waals surface area contributed by atoms with E-state index in [4.69, 9.17) is 23.2 Å². The number of benzene rings is 2. The first-order valence-electron chi connectivity index (χ1n) is 10.2. The molecule has 2 aromatic rings. The third-order valence-electron chi connectivity index (χ3n) is 5.68. The van der Waals surface area contributed by atoms with Crippen LogP contribution in [0.1, 0.15) is 44.2 Å². The van der Waals surface area contributed by atoms with Crippen LogP contribution in [-0.4, -0.2) is 23.7 Å². The number of carbonyl (C=O) groups is 2. The van der Waals surface area contributed by atoms with Crippen molar-refractivity contribution in [3.8, 4) is 0 Å². The van der Waals surface area contributed by atoms with Gasteiger partial charge >= 0.3 is 0 Å². The van der Waals surface area contributed by atoms with E-state index in [1.807, 2.05) is 0 Å². The zero-order valence-corrected chi connectivity index (χ0v) is 20.2. The van der Waals surface area contributed by atoms with Crippen molar-refractivity contribution < 1.29 is 14.0 Å². The second kappa shape index (κ2) is 10.8. The Morgan fingerprint density at radius 1 is 1.19 bits per heavy atom. The summed E-state index contributed by atoms with van der Waals surface area (Å²) in [5.41, 5.74) is 0.506. The lowest BCUT2D eigenvalue weighted by Gasteiger charge is -2.35. The van der Waals surface area contributed by atoms with Crippen molar-refractivity contribution in [3.63, 3.8) is 0 Å². The molecule has 2 amide bonds. The zero-order valence-electron chi connectivity index (χ0n) is 17.1. The van der Waals surface area contributed by atoms with E-state index >= 15 is 0 Å². The van der Waals surface area contributed by atoms with Crippen molar-refractivity contribution in [2.75, 3.05) is 10.8 Å². The molecule has 0 aromatic heterocycles. The van der Waals surface area contributed by atoms with E-state index in [0.29, 0.717) is 21.0 Å². The lowest BCUT2D eigenvalue weighted by atomic mass is 9.85. The van der Waals surface area contributed by atoms with E-state index < -0.39 is 23.6 Å². The van der Waals surface area contributed by atoms with Gasteiger partial charge in [0.15, 0.2) is 0 Å². The minimum atomic E-state index is -1.09. The van der Waals surface area contributed by atoms with Crippen LogP contribution in [0.4, 0.5) is 10.1 Å². The molecule has 0 saturated heterocycles. The van der Waals surface area contributed by atoms with Crippen LogP contribution in [0.3, 0.4) is 0 Å². The molecule has 8 heteroatoms. The van der Waals surface area contributed by atoms with Crippen LogP contribution in [0.25, 0.3) is 0 Å². The fraction of sp³-hybridized carbons (Fsp3) is 0.391. The summed E-state index contributed by atoms with van der Waals surface area (Å²) in [6.45, 7) is 2.11. The Morgan fingerprint density at radius 2 is 1.87 bits per heavy atom. The Kier molecular flexibility index (Phi) is 8.36. The Morgan fingerprint density at radius 3 is 2.48 bits per heavy atom. The highest BCUT2D eigenvalue weighted by molar-refractivity contribution is 9.10. The molecule has 2 aromatic carbocycles. The molecule has 3 rings (SSSR count). The predicted octanol–water partition coefficient (Wildman–Crippen LogP) is 6.25. The number of alkyl halides is 1. The largest absolute Gasteiger partial charge is 0.351 e.